The number of hydrogen-bond acceptors (Lipinski definition) is 2. The fourth-order valence-corrected chi connectivity index (χ4v) is 4.45. The molecule has 0 aliphatic heterocycles. The van der Waals surface area contributed by atoms with E-state index in [9.17, 15) is 18.7 Å². The first kappa shape index (κ1) is 19.1. The molecule has 1 aliphatic rings. The van der Waals surface area contributed by atoms with Crippen LogP contribution in [0.15, 0.2) is 61.2 Å². The number of benzene rings is 3. The van der Waals surface area contributed by atoms with Gasteiger partial charge in [-0.15, -0.1) is 0 Å². The summed E-state index contributed by atoms with van der Waals surface area (Å²) in [6.45, 7) is 3.78. The molecule has 0 fully saturated rings. The van der Waals surface area contributed by atoms with Crippen molar-refractivity contribution < 1.29 is 18.7 Å². The zero-order valence-corrected chi connectivity index (χ0v) is 16.5. The van der Waals surface area contributed by atoms with Crippen molar-refractivity contribution in [3.63, 3.8) is 0 Å². The lowest BCUT2D eigenvalue weighted by atomic mass is 9.83. The molecular formula is C26H17F2NO2. The topological polar surface area (TPSA) is 50.2 Å². The van der Waals surface area contributed by atoms with E-state index in [0.717, 1.165) is 16.7 Å². The second-order valence-corrected chi connectivity index (χ2v) is 7.56. The maximum absolute atomic E-state index is 14.6. The quantitative estimate of drug-likeness (QED) is 0.430. The Bertz CT molecular complexity index is 1410. The number of rotatable bonds is 3. The molecule has 0 atom stereocenters. The first-order chi connectivity index (χ1) is 15.0. The van der Waals surface area contributed by atoms with Gasteiger partial charge in [0.25, 0.3) is 0 Å². The van der Waals surface area contributed by atoms with Crippen molar-refractivity contribution in [2.75, 3.05) is 0 Å². The Labute approximate surface area is 177 Å². The first-order valence-electron chi connectivity index (χ1n) is 9.88. The van der Waals surface area contributed by atoms with Crippen LogP contribution < -0.4 is 0 Å². The largest absolute Gasteiger partial charge is 0.478 e. The Morgan fingerprint density at radius 2 is 1.90 bits per heavy atom. The monoisotopic (exact) mass is 413 g/mol. The van der Waals surface area contributed by atoms with E-state index in [-0.39, 0.29) is 11.4 Å². The third kappa shape index (κ3) is 3.01. The molecule has 1 aromatic heterocycles. The summed E-state index contributed by atoms with van der Waals surface area (Å²) in [5, 5.41) is 10.2. The highest BCUT2D eigenvalue weighted by molar-refractivity contribution is 6.06. The van der Waals surface area contributed by atoms with Gasteiger partial charge >= 0.3 is 5.97 Å². The number of aromatic nitrogens is 1. The summed E-state index contributed by atoms with van der Waals surface area (Å²) in [4.78, 5) is 16.7. The molecular weight excluding hydrogens is 396 g/mol. The molecule has 5 rings (SSSR count). The average molecular weight is 413 g/mol. The van der Waals surface area contributed by atoms with E-state index in [2.05, 4.69) is 11.6 Å². The lowest BCUT2D eigenvalue weighted by molar-refractivity contribution is 0.0698. The van der Waals surface area contributed by atoms with Gasteiger partial charge < -0.3 is 5.11 Å². The summed E-state index contributed by atoms with van der Waals surface area (Å²) in [7, 11) is 0. The molecule has 0 saturated carbocycles. The number of aromatic carboxylic acids is 1. The van der Waals surface area contributed by atoms with Crippen LogP contribution in [0, 0.1) is 11.6 Å². The summed E-state index contributed by atoms with van der Waals surface area (Å²) in [5.74, 6) is -1.93. The van der Waals surface area contributed by atoms with Crippen molar-refractivity contribution >= 4 is 22.9 Å². The molecule has 152 valence electrons. The van der Waals surface area contributed by atoms with E-state index in [1.807, 2.05) is 24.3 Å². The van der Waals surface area contributed by atoms with Crippen LogP contribution in [0.5, 0.6) is 0 Å². The molecule has 4 aromatic rings. The van der Waals surface area contributed by atoms with Crippen molar-refractivity contribution in [1.82, 2.24) is 4.98 Å². The minimum absolute atomic E-state index is 0.0947. The van der Waals surface area contributed by atoms with E-state index in [1.54, 1.807) is 12.1 Å². The fourth-order valence-electron chi connectivity index (χ4n) is 4.45. The zero-order valence-electron chi connectivity index (χ0n) is 16.5. The predicted octanol–water partition coefficient (Wildman–Crippen LogP) is 6.29. The van der Waals surface area contributed by atoms with E-state index in [0.29, 0.717) is 46.1 Å². The van der Waals surface area contributed by atoms with Gasteiger partial charge in [-0.05, 0) is 59.4 Å². The van der Waals surface area contributed by atoms with Gasteiger partial charge in [0.1, 0.15) is 11.6 Å². The number of hydrogen-bond donors (Lipinski definition) is 1. The molecule has 0 bridgehead atoms. The van der Waals surface area contributed by atoms with Gasteiger partial charge in [0.2, 0.25) is 0 Å². The molecule has 3 nitrogen and oxygen atoms in total. The summed E-state index contributed by atoms with van der Waals surface area (Å²) in [6.07, 6.45) is 2.66. The second-order valence-electron chi connectivity index (χ2n) is 7.56. The summed E-state index contributed by atoms with van der Waals surface area (Å²) in [5.41, 5.74) is 5.41. The smallest absolute Gasteiger partial charge is 0.336 e. The highest BCUT2D eigenvalue weighted by Crippen LogP contribution is 2.39. The SMILES string of the molecule is C=Cc1cccc(F)c1-c1ccc2c(c1)CCc1c-2nc2ccc(F)cc2c1C(=O)O. The summed E-state index contributed by atoms with van der Waals surface area (Å²) in [6, 6.07) is 14.5. The zero-order chi connectivity index (χ0) is 21.7. The Kier molecular flexibility index (Phi) is 4.40. The molecule has 3 aromatic carbocycles. The molecule has 5 heteroatoms. The molecule has 0 amide bonds. The molecule has 31 heavy (non-hydrogen) atoms. The third-order valence-corrected chi connectivity index (χ3v) is 5.82. The maximum Gasteiger partial charge on any atom is 0.336 e. The van der Waals surface area contributed by atoms with Gasteiger partial charge in [0, 0.05) is 16.5 Å². The van der Waals surface area contributed by atoms with Crippen LogP contribution >= 0.6 is 0 Å². The second kappa shape index (κ2) is 7.13. The number of carboxylic acid groups (broad SMARTS) is 1. The predicted molar refractivity (Wildman–Crippen MR) is 117 cm³/mol. The van der Waals surface area contributed by atoms with Crippen molar-refractivity contribution in [3.8, 4) is 22.4 Å². The lowest BCUT2D eigenvalue weighted by Crippen LogP contribution is -2.13. The van der Waals surface area contributed by atoms with E-state index >= 15 is 0 Å². The number of carbonyl (C=O) groups is 1. The minimum Gasteiger partial charge on any atom is -0.478 e. The van der Waals surface area contributed by atoms with E-state index in [1.165, 1.54) is 24.3 Å². The molecule has 1 N–H and O–H groups in total. The number of aryl methyl sites for hydroxylation is 1. The summed E-state index contributed by atoms with van der Waals surface area (Å²) >= 11 is 0. The van der Waals surface area contributed by atoms with Gasteiger partial charge in [0.15, 0.2) is 0 Å². The van der Waals surface area contributed by atoms with Gasteiger partial charge in [-0.25, -0.2) is 18.6 Å². The van der Waals surface area contributed by atoms with Gasteiger partial charge in [-0.1, -0.05) is 43.0 Å². The van der Waals surface area contributed by atoms with Crippen LogP contribution in [0.25, 0.3) is 39.4 Å². The number of halogens is 2. The molecule has 0 spiro atoms. The van der Waals surface area contributed by atoms with E-state index in [4.69, 9.17) is 0 Å². The molecule has 1 aliphatic carbocycles. The minimum atomic E-state index is -1.10. The third-order valence-electron chi connectivity index (χ3n) is 5.82. The number of pyridine rings is 1. The van der Waals surface area contributed by atoms with Crippen LogP contribution in [0.4, 0.5) is 8.78 Å². The van der Waals surface area contributed by atoms with Crippen molar-refractivity contribution in [2.24, 2.45) is 0 Å². The van der Waals surface area contributed by atoms with Crippen molar-refractivity contribution in [2.45, 2.75) is 12.8 Å². The van der Waals surface area contributed by atoms with Gasteiger partial charge in [0.05, 0.1) is 16.8 Å². The van der Waals surface area contributed by atoms with Gasteiger partial charge in [-0.2, -0.15) is 0 Å². The molecule has 0 radical (unpaired) electrons. The Balaban J connectivity index is 1.74. The average Bonchev–Trinajstić information content (AvgIpc) is 2.76. The number of nitrogens with zero attached hydrogens (tertiary/aromatic N) is 1. The molecule has 0 saturated heterocycles. The van der Waals surface area contributed by atoms with Crippen LogP contribution in [-0.4, -0.2) is 16.1 Å². The Morgan fingerprint density at radius 3 is 2.68 bits per heavy atom. The standard InChI is InChI=1S/C26H17F2NO2/c1-2-14-4-3-5-21(28)23(14)16-7-9-18-15(12-16)6-10-19-24(26(30)31)20-13-17(27)8-11-22(20)29-25(18)19/h2-5,7-9,11-13H,1,6,10H2,(H,30,31). The highest BCUT2D eigenvalue weighted by atomic mass is 19.1. The van der Waals surface area contributed by atoms with Crippen LogP contribution in [0.2, 0.25) is 0 Å². The Hall–Kier alpha value is -3.86. The first-order valence-corrected chi connectivity index (χ1v) is 9.88. The van der Waals surface area contributed by atoms with E-state index < -0.39 is 11.8 Å². The highest BCUT2D eigenvalue weighted by Gasteiger charge is 2.26. The van der Waals surface area contributed by atoms with Crippen LogP contribution in [0.1, 0.15) is 27.0 Å². The van der Waals surface area contributed by atoms with Crippen LogP contribution in [0.3, 0.4) is 0 Å². The number of fused-ring (bicyclic) bond motifs is 4. The molecule has 1 heterocycles. The normalized spacial score (nSPS) is 12.3. The van der Waals surface area contributed by atoms with Crippen LogP contribution in [-0.2, 0) is 12.8 Å². The fraction of sp³-hybridized carbons (Fsp3) is 0.0769. The Morgan fingerprint density at radius 1 is 1.06 bits per heavy atom. The summed E-state index contributed by atoms with van der Waals surface area (Å²) < 4.78 is 28.4. The van der Waals surface area contributed by atoms with Crippen molar-refractivity contribution in [3.05, 3.63) is 95.1 Å². The lowest BCUT2D eigenvalue weighted by Gasteiger charge is -2.23. The molecule has 0 unspecified atom stereocenters. The van der Waals surface area contributed by atoms with Gasteiger partial charge in [-0.3, -0.25) is 0 Å². The number of carboxylic acids is 1. The maximum atomic E-state index is 14.6. The van der Waals surface area contributed by atoms with Crippen molar-refractivity contribution in [1.29, 1.82) is 0 Å².